The number of benzene rings is 1. The second-order valence-corrected chi connectivity index (χ2v) is 4.76. The molecule has 0 spiro atoms. The fourth-order valence-corrected chi connectivity index (χ4v) is 1.99. The first kappa shape index (κ1) is 14.9. The molecule has 100 valence electrons. The molecule has 2 atom stereocenters. The van der Waals surface area contributed by atoms with E-state index in [0.717, 1.165) is 25.5 Å². The van der Waals surface area contributed by atoms with Crippen molar-refractivity contribution in [2.24, 2.45) is 0 Å². The molecular formula is C16H24O2. The molecule has 0 bridgehead atoms. The summed E-state index contributed by atoms with van der Waals surface area (Å²) in [6.07, 6.45) is 4.80. The summed E-state index contributed by atoms with van der Waals surface area (Å²) < 4.78 is 5.46. The first-order valence-electron chi connectivity index (χ1n) is 6.89. The summed E-state index contributed by atoms with van der Waals surface area (Å²) in [6, 6.07) is 10.6. The van der Waals surface area contributed by atoms with Crippen molar-refractivity contribution < 1.29 is 9.53 Å². The molecule has 0 aliphatic heterocycles. The van der Waals surface area contributed by atoms with E-state index >= 15 is 0 Å². The van der Waals surface area contributed by atoms with Gasteiger partial charge in [-0.25, -0.2) is 0 Å². The van der Waals surface area contributed by atoms with E-state index in [2.05, 4.69) is 31.2 Å². The van der Waals surface area contributed by atoms with Crippen molar-refractivity contribution in [3.8, 4) is 0 Å². The molecule has 0 amide bonds. The van der Waals surface area contributed by atoms with E-state index < -0.39 is 0 Å². The van der Waals surface area contributed by atoms with Crippen molar-refractivity contribution in [3.63, 3.8) is 0 Å². The van der Waals surface area contributed by atoms with Crippen molar-refractivity contribution in [3.05, 3.63) is 35.9 Å². The normalized spacial score (nSPS) is 14.1. The second kappa shape index (κ2) is 8.87. The Kier molecular flexibility index (Phi) is 7.35. The van der Waals surface area contributed by atoms with Crippen LogP contribution in [-0.4, -0.2) is 19.0 Å². The van der Waals surface area contributed by atoms with Gasteiger partial charge in [-0.3, -0.25) is 0 Å². The molecule has 0 fully saturated rings. The van der Waals surface area contributed by atoms with Crippen molar-refractivity contribution in [2.45, 2.75) is 51.6 Å². The maximum atomic E-state index is 10.6. The van der Waals surface area contributed by atoms with Crippen LogP contribution in [0, 0.1) is 0 Å². The fourth-order valence-electron chi connectivity index (χ4n) is 1.99. The summed E-state index contributed by atoms with van der Waals surface area (Å²) in [6.45, 7) is 4.92. The zero-order valence-corrected chi connectivity index (χ0v) is 11.5. The predicted molar refractivity (Wildman–Crippen MR) is 74.8 cm³/mol. The van der Waals surface area contributed by atoms with Crippen LogP contribution < -0.4 is 0 Å². The Labute approximate surface area is 110 Å². The molecule has 0 heterocycles. The number of carbonyl (C=O) groups excluding carboxylic acids is 1. The van der Waals surface area contributed by atoms with Gasteiger partial charge in [0.05, 0.1) is 0 Å². The van der Waals surface area contributed by atoms with E-state index in [-0.39, 0.29) is 6.10 Å². The Bertz CT molecular complexity index is 321. The number of hydrogen-bond donors (Lipinski definition) is 0. The lowest BCUT2D eigenvalue weighted by Crippen LogP contribution is -2.13. The zero-order chi connectivity index (χ0) is 13.2. The predicted octanol–water partition coefficient (Wildman–Crippen LogP) is 3.95. The van der Waals surface area contributed by atoms with Gasteiger partial charge in [0.15, 0.2) is 0 Å². The fraction of sp³-hybridized carbons (Fsp3) is 0.562. The van der Waals surface area contributed by atoms with Crippen LogP contribution in [0.5, 0.6) is 0 Å². The lowest BCUT2D eigenvalue weighted by atomic mass is 9.96. The average Bonchev–Trinajstić information content (AvgIpc) is 2.43. The maximum Gasteiger partial charge on any atom is 0.148 e. The third-order valence-electron chi connectivity index (χ3n) is 3.29. The van der Waals surface area contributed by atoms with Crippen LogP contribution in [0.3, 0.4) is 0 Å². The van der Waals surface area contributed by atoms with Crippen LogP contribution in [0.2, 0.25) is 0 Å². The van der Waals surface area contributed by atoms with Gasteiger partial charge in [-0.15, -0.1) is 0 Å². The molecule has 1 rings (SSSR count). The van der Waals surface area contributed by atoms with E-state index in [1.807, 2.05) is 13.0 Å². The minimum atomic E-state index is -0.212. The molecule has 0 N–H and O–H groups in total. The first-order valence-corrected chi connectivity index (χ1v) is 6.89. The molecule has 2 heteroatoms. The highest BCUT2D eigenvalue weighted by Gasteiger charge is 2.06. The molecule has 0 aliphatic rings. The Balaban J connectivity index is 2.13. The lowest BCUT2D eigenvalue weighted by molar-refractivity contribution is -0.118. The maximum absolute atomic E-state index is 10.6. The number of rotatable bonds is 9. The molecular weight excluding hydrogens is 224 g/mol. The van der Waals surface area contributed by atoms with Gasteiger partial charge in [0, 0.05) is 6.61 Å². The van der Waals surface area contributed by atoms with Gasteiger partial charge in [-0.2, -0.15) is 0 Å². The Morgan fingerprint density at radius 1 is 1.22 bits per heavy atom. The van der Waals surface area contributed by atoms with Crippen molar-refractivity contribution >= 4 is 6.29 Å². The number of hydrogen-bond acceptors (Lipinski definition) is 2. The summed E-state index contributed by atoms with van der Waals surface area (Å²) >= 11 is 0. The lowest BCUT2D eigenvalue weighted by Gasteiger charge is -2.12. The average molecular weight is 248 g/mol. The topological polar surface area (TPSA) is 26.3 Å². The third-order valence-corrected chi connectivity index (χ3v) is 3.29. The van der Waals surface area contributed by atoms with Gasteiger partial charge in [0.2, 0.25) is 0 Å². The van der Waals surface area contributed by atoms with E-state index in [0.29, 0.717) is 12.5 Å². The van der Waals surface area contributed by atoms with Gasteiger partial charge in [-0.05, 0) is 30.7 Å². The van der Waals surface area contributed by atoms with E-state index in [4.69, 9.17) is 4.74 Å². The summed E-state index contributed by atoms with van der Waals surface area (Å²) in [5.41, 5.74) is 1.40. The van der Waals surface area contributed by atoms with Gasteiger partial charge >= 0.3 is 0 Å². The highest BCUT2D eigenvalue weighted by Crippen LogP contribution is 2.20. The Morgan fingerprint density at radius 3 is 2.56 bits per heavy atom. The Morgan fingerprint density at radius 2 is 1.94 bits per heavy atom. The van der Waals surface area contributed by atoms with E-state index in [1.165, 1.54) is 12.0 Å². The van der Waals surface area contributed by atoms with Crippen LogP contribution in [0.25, 0.3) is 0 Å². The monoisotopic (exact) mass is 248 g/mol. The first-order chi connectivity index (χ1) is 8.77. The SMILES string of the molecule is CCC(C=O)OCCCCC(C)c1ccccc1. The highest BCUT2D eigenvalue weighted by molar-refractivity contribution is 5.55. The van der Waals surface area contributed by atoms with Crippen LogP contribution in [0.4, 0.5) is 0 Å². The molecule has 2 unspecified atom stereocenters. The van der Waals surface area contributed by atoms with Gasteiger partial charge < -0.3 is 9.53 Å². The zero-order valence-electron chi connectivity index (χ0n) is 11.5. The third kappa shape index (κ3) is 5.46. The van der Waals surface area contributed by atoms with Gasteiger partial charge in [-0.1, -0.05) is 50.6 Å². The standard InChI is InChI=1S/C16H24O2/c1-3-16(13-17)18-12-8-7-9-14(2)15-10-5-4-6-11-15/h4-6,10-11,13-14,16H,3,7-9,12H2,1-2H3. The number of ether oxygens (including phenoxy) is 1. The molecule has 0 radical (unpaired) electrons. The highest BCUT2D eigenvalue weighted by atomic mass is 16.5. The summed E-state index contributed by atoms with van der Waals surface area (Å²) in [5, 5.41) is 0. The quantitative estimate of drug-likeness (QED) is 0.488. The summed E-state index contributed by atoms with van der Waals surface area (Å²) in [7, 11) is 0. The largest absolute Gasteiger partial charge is 0.371 e. The molecule has 1 aromatic rings. The smallest absolute Gasteiger partial charge is 0.148 e. The van der Waals surface area contributed by atoms with E-state index in [9.17, 15) is 4.79 Å². The van der Waals surface area contributed by atoms with Gasteiger partial charge in [0.25, 0.3) is 0 Å². The molecule has 0 aliphatic carbocycles. The number of carbonyl (C=O) groups is 1. The number of aldehydes is 1. The second-order valence-electron chi connectivity index (χ2n) is 4.76. The minimum absolute atomic E-state index is 0.212. The Hall–Kier alpha value is -1.15. The molecule has 18 heavy (non-hydrogen) atoms. The van der Waals surface area contributed by atoms with E-state index in [1.54, 1.807) is 0 Å². The van der Waals surface area contributed by atoms with Gasteiger partial charge in [0.1, 0.15) is 12.4 Å². The van der Waals surface area contributed by atoms with Crippen LogP contribution in [0.15, 0.2) is 30.3 Å². The molecule has 2 nitrogen and oxygen atoms in total. The van der Waals surface area contributed by atoms with Crippen LogP contribution >= 0.6 is 0 Å². The molecule has 1 aromatic carbocycles. The van der Waals surface area contributed by atoms with Crippen molar-refractivity contribution in [1.82, 2.24) is 0 Å². The summed E-state index contributed by atoms with van der Waals surface area (Å²) in [5.74, 6) is 0.597. The van der Waals surface area contributed by atoms with Crippen LogP contribution in [0.1, 0.15) is 51.0 Å². The minimum Gasteiger partial charge on any atom is -0.371 e. The molecule has 0 aromatic heterocycles. The summed E-state index contributed by atoms with van der Waals surface area (Å²) in [4.78, 5) is 10.6. The van der Waals surface area contributed by atoms with Crippen molar-refractivity contribution in [2.75, 3.05) is 6.61 Å². The number of unbranched alkanes of at least 4 members (excludes halogenated alkanes) is 1. The van der Waals surface area contributed by atoms with Crippen LogP contribution in [-0.2, 0) is 9.53 Å². The molecule has 0 saturated carbocycles. The van der Waals surface area contributed by atoms with Crippen molar-refractivity contribution in [1.29, 1.82) is 0 Å². The molecule has 0 saturated heterocycles.